The fourth-order valence-corrected chi connectivity index (χ4v) is 3.63. The number of hydrogen-bond acceptors (Lipinski definition) is 4. The maximum absolute atomic E-state index is 12.3. The lowest BCUT2D eigenvalue weighted by molar-refractivity contribution is -0.117. The third kappa shape index (κ3) is 4.77. The number of carbonyl (C=O) groups is 1. The zero-order valence-corrected chi connectivity index (χ0v) is 15.7. The highest BCUT2D eigenvalue weighted by Crippen LogP contribution is 2.21. The predicted octanol–water partition coefficient (Wildman–Crippen LogP) is 3.48. The van der Waals surface area contributed by atoms with Crippen LogP contribution in [0, 0.1) is 6.92 Å². The molecule has 2 aromatic rings. The summed E-state index contributed by atoms with van der Waals surface area (Å²) < 4.78 is 0. The minimum absolute atomic E-state index is 0.0580. The molecule has 0 radical (unpaired) electrons. The number of piperazine rings is 1. The molecule has 2 aromatic carbocycles. The number of rotatable bonds is 5. The molecule has 3 rings (SSSR count). The van der Waals surface area contributed by atoms with Gasteiger partial charge in [-0.3, -0.25) is 9.69 Å². The monoisotopic (exact) mass is 355 g/mol. The quantitative estimate of drug-likeness (QED) is 0.833. The van der Waals surface area contributed by atoms with Crippen LogP contribution in [0.3, 0.4) is 0 Å². The van der Waals surface area contributed by atoms with E-state index in [1.807, 2.05) is 30.5 Å². The molecule has 1 N–H and O–H groups in total. The van der Waals surface area contributed by atoms with E-state index in [-0.39, 0.29) is 5.91 Å². The van der Waals surface area contributed by atoms with Gasteiger partial charge in [0.05, 0.1) is 6.54 Å². The van der Waals surface area contributed by atoms with Gasteiger partial charge in [0.2, 0.25) is 5.91 Å². The summed E-state index contributed by atoms with van der Waals surface area (Å²) in [7, 11) is 0. The first kappa shape index (κ1) is 17.8. The Morgan fingerprint density at radius 2 is 1.84 bits per heavy atom. The fraction of sp³-hybridized carbons (Fsp3) is 0.350. The number of anilines is 2. The Bertz CT molecular complexity index is 726. The molecular formula is C20H25N3OS. The number of thioether (sulfide) groups is 1. The van der Waals surface area contributed by atoms with Crippen LogP contribution in [0.15, 0.2) is 53.4 Å². The van der Waals surface area contributed by atoms with Crippen molar-refractivity contribution < 1.29 is 4.79 Å². The Morgan fingerprint density at radius 3 is 2.56 bits per heavy atom. The highest BCUT2D eigenvalue weighted by molar-refractivity contribution is 7.98. The van der Waals surface area contributed by atoms with Crippen molar-refractivity contribution in [1.82, 2.24) is 4.90 Å². The Morgan fingerprint density at radius 1 is 1.08 bits per heavy atom. The molecule has 0 unspecified atom stereocenters. The van der Waals surface area contributed by atoms with E-state index in [0.717, 1.165) is 36.8 Å². The lowest BCUT2D eigenvalue weighted by Gasteiger charge is -2.36. The largest absolute Gasteiger partial charge is 0.369 e. The first-order valence-corrected chi connectivity index (χ1v) is 9.85. The number of nitrogens with one attached hydrogen (secondary N) is 1. The lowest BCUT2D eigenvalue weighted by Crippen LogP contribution is -2.48. The Hall–Kier alpha value is -1.98. The van der Waals surface area contributed by atoms with Crippen molar-refractivity contribution in [2.24, 2.45) is 0 Å². The second-order valence-electron chi connectivity index (χ2n) is 6.33. The maximum atomic E-state index is 12.3. The summed E-state index contributed by atoms with van der Waals surface area (Å²) in [6, 6.07) is 16.5. The third-order valence-corrected chi connectivity index (χ3v) is 5.27. The van der Waals surface area contributed by atoms with Crippen molar-refractivity contribution in [3.63, 3.8) is 0 Å². The molecular weight excluding hydrogens is 330 g/mol. The normalized spacial score (nSPS) is 15.2. The van der Waals surface area contributed by atoms with Gasteiger partial charge in [-0.25, -0.2) is 0 Å². The first-order valence-electron chi connectivity index (χ1n) is 8.62. The number of hydrogen-bond donors (Lipinski definition) is 1. The van der Waals surface area contributed by atoms with Crippen molar-refractivity contribution in [3.05, 3.63) is 54.1 Å². The molecule has 0 saturated carbocycles. The van der Waals surface area contributed by atoms with E-state index < -0.39 is 0 Å². The molecule has 132 valence electrons. The fourth-order valence-electron chi connectivity index (χ4n) is 3.17. The highest BCUT2D eigenvalue weighted by Gasteiger charge is 2.20. The van der Waals surface area contributed by atoms with Crippen LogP contribution < -0.4 is 10.2 Å². The molecule has 25 heavy (non-hydrogen) atoms. The summed E-state index contributed by atoms with van der Waals surface area (Å²) in [5.41, 5.74) is 3.48. The third-order valence-electron chi connectivity index (χ3n) is 4.55. The molecule has 1 aliphatic heterocycles. The van der Waals surface area contributed by atoms with Crippen LogP contribution in [0.2, 0.25) is 0 Å². The van der Waals surface area contributed by atoms with Crippen LogP contribution in [0.1, 0.15) is 5.56 Å². The van der Waals surface area contributed by atoms with Gasteiger partial charge in [-0.2, -0.15) is 0 Å². The van der Waals surface area contributed by atoms with Crippen LogP contribution in [-0.2, 0) is 4.79 Å². The summed E-state index contributed by atoms with van der Waals surface area (Å²) in [5.74, 6) is 0.0580. The van der Waals surface area contributed by atoms with E-state index in [1.165, 1.54) is 11.3 Å². The average molecular weight is 356 g/mol. The van der Waals surface area contributed by atoms with Gasteiger partial charge in [0.1, 0.15) is 0 Å². The lowest BCUT2D eigenvalue weighted by atomic mass is 10.1. The van der Waals surface area contributed by atoms with E-state index in [2.05, 4.69) is 46.3 Å². The molecule has 5 heteroatoms. The van der Waals surface area contributed by atoms with Crippen LogP contribution in [-0.4, -0.2) is 49.8 Å². The van der Waals surface area contributed by atoms with Gasteiger partial charge in [-0.05, 0) is 43.0 Å². The minimum Gasteiger partial charge on any atom is -0.369 e. The summed E-state index contributed by atoms with van der Waals surface area (Å²) in [5, 5.41) is 3.01. The number of carbonyl (C=O) groups excluding carboxylic acids is 1. The number of benzene rings is 2. The standard InChI is InChI=1S/C20H25N3OS/c1-16-6-3-4-9-19(16)23-12-10-22(11-13-23)15-20(24)21-17-7-5-8-18(14-17)25-2/h3-9,14H,10-13,15H2,1-2H3,(H,21,24). The average Bonchev–Trinajstić information content (AvgIpc) is 2.63. The zero-order valence-electron chi connectivity index (χ0n) is 14.9. The number of nitrogens with zero attached hydrogens (tertiary/aromatic N) is 2. The Labute approximate surface area is 154 Å². The van der Waals surface area contributed by atoms with Gasteiger partial charge >= 0.3 is 0 Å². The van der Waals surface area contributed by atoms with E-state index >= 15 is 0 Å². The van der Waals surface area contributed by atoms with Crippen molar-refractivity contribution in [2.45, 2.75) is 11.8 Å². The second kappa shape index (κ2) is 8.41. The predicted molar refractivity (Wildman–Crippen MR) is 107 cm³/mol. The molecule has 4 nitrogen and oxygen atoms in total. The summed E-state index contributed by atoms with van der Waals surface area (Å²) in [6.45, 7) is 6.34. The van der Waals surface area contributed by atoms with E-state index in [9.17, 15) is 4.79 Å². The smallest absolute Gasteiger partial charge is 0.238 e. The molecule has 0 aromatic heterocycles. The van der Waals surface area contributed by atoms with Crippen LogP contribution in [0.25, 0.3) is 0 Å². The van der Waals surface area contributed by atoms with Gasteiger partial charge in [-0.1, -0.05) is 24.3 Å². The maximum Gasteiger partial charge on any atom is 0.238 e. The highest BCUT2D eigenvalue weighted by atomic mass is 32.2. The van der Waals surface area contributed by atoms with Crippen LogP contribution >= 0.6 is 11.8 Å². The Kier molecular flexibility index (Phi) is 6.00. The van der Waals surface area contributed by atoms with Crippen molar-refractivity contribution in [1.29, 1.82) is 0 Å². The molecule has 1 saturated heterocycles. The molecule has 1 amide bonds. The molecule has 0 bridgehead atoms. The van der Waals surface area contributed by atoms with E-state index in [4.69, 9.17) is 0 Å². The first-order chi connectivity index (χ1) is 12.2. The summed E-state index contributed by atoms with van der Waals surface area (Å²) in [4.78, 5) is 18.1. The Balaban J connectivity index is 1.50. The van der Waals surface area contributed by atoms with E-state index in [0.29, 0.717) is 6.54 Å². The van der Waals surface area contributed by atoms with Crippen LogP contribution in [0.5, 0.6) is 0 Å². The summed E-state index contributed by atoms with van der Waals surface area (Å²) >= 11 is 1.68. The van der Waals surface area contributed by atoms with Crippen LogP contribution in [0.4, 0.5) is 11.4 Å². The number of para-hydroxylation sites is 1. The van der Waals surface area contributed by atoms with Gasteiger partial charge in [-0.15, -0.1) is 11.8 Å². The number of aryl methyl sites for hydroxylation is 1. The van der Waals surface area contributed by atoms with Gasteiger partial charge in [0.25, 0.3) is 0 Å². The van der Waals surface area contributed by atoms with E-state index in [1.54, 1.807) is 11.8 Å². The van der Waals surface area contributed by atoms with Gasteiger partial charge < -0.3 is 10.2 Å². The second-order valence-corrected chi connectivity index (χ2v) is 7.21. The van der Waals surface area contributed by atoms with Crippen molar-refractivity contribution >= 4 is 29.0 Å². The molecule has 0 atom stereocenters. The number of amides is 1. The van der Waals surface area contributed by atoms with Crippen molar-refractivity contribution in [3.8, 4) is 0 Å². The topological polar surface area (TPSA) is 35.6 Å². The zero-order chi connectivity index (χ0) is 17.6. The molecule has 1 heterocycles. The van der Waals surface area contributed by atoms with Gasteiger partial charge in [0, 0.05) is 42.4 Å². The molecule has 1 fully saturated rings. The molecule has 0 aliphatic carbocycles. The molecule has 0 spiro atoms. The van der Waals surface area contributed by atoms with Crippen molar-refractivity contribution in [2.75, 3.05) is 49.2 Å². The summed E-state index contributed by atoms with van der Waals surface area (Å²) in [6.07, 6.45) is 2.04. The SMILES string of the molecule is CSc1cccc(NC(=O)CN2CCN(c3ccccc3C)CC2)c1. The minimum atomic E-state index is 0.0580. The molecule has 1 aliphatic rings. The van der Waals surface area contributed by atoms with Gasteiger partial charge in [0.15, 0.2) is 0 Å².